The standard InChI is InChI=1S/C19H22FNO2S/c1-19(2,3)24(22)21-17(12-14-8-6-5-7-9-14)15-10-11-16(20)18(13-15)23-4/h5-13,21H,1-4H3. The normalized spacial score (nSPS) is 13.5. The van der Waals surface area contributed by atoms with Crippen LogP contribution in [0.2, 0.25) is 0 Å². The number of benzene rings is 2. The first kappa shape index (κ1) is 18.2. The molecule has 0 amide bonds. The molecule has 5 heteroatoms. The Balaban J connectivity index is 2.47. The molecule has 0 spiro atoms. The molecule has 2 rings (SSSR count). The number of hydrogen-bond acceptors (Lipinski definition) is 2. The van der Waals surface area contributed by atoms with E-state index in [4.69, 9.17) is 4.74 Å². The van der Waals surface area contributed by atoms with Crippen molar-refractivity contribution in [1.29, 1.82) is 0 Å². The van der Waals surface area contributed by atoms with Gasteiger partial charge in [-0.05, 0) is 50.6 Å². The summed E-state index contributed by atoms with van der Waals surface area (Å²) in [6.07, 6.45) is 1.89. The van der Waals surface area contributed by atoms with E-state index in [2.05, 4.69) is 4.72 Å². The summed E-state index contributed by atoms with van der Waals surface area (Å²) in [5.74, 6) is -0.285. The lowest BCUT2D eigenvalue weighted by atomic mass is 10.1. The Labute approximate surface area is 145 Å². The van der Waals surface area contributed by atoms with E-state index in [9.17, 15) is 8.60 Å². The molecule has 0 fully saturated rings. The summed E-state index contributed by atoms with van der Waals surface area (Å²) in [4.78, 5) is 0. The molecule has 0 aliphatic rings. The van der Waals surface area contributed by atoms with E-state index >= 15 is 0 Å². The fourth-order valence-corrected chi connectivity index (χ4v) is 2.65. The van der Waals surface area contributed by atoms with Crippen molar-refractivity contribution in [3.8, 4) is 5.75 Å². The topological polar surface area (TPSA) is 38.3 Å². The Morgan fingerprint density at radius 1 is 1.17 bits per heavy atom. The molecule has 0 saturated heterocycles. The largest absolute Gasteiger partial charge is 0.494 e. The molecule has 0 aliphatic heterocycles. The zero-order chi connectivity index (χ0) is 17.7. The van der Waals surface area contributed by atoms with E-state index in [1.807, 2.05) is 57.2 Å². The van der Waals surface area contributed by atoms with Gasteiger partial charge in [0.15, 0.2) is 11.6 Å². The Kier molecular flexibility index (Phi) is 5.78. The number of rotatable bonds is 5. The third-order valence-corrected chi connectivity index (χ3v) is 4.85. The summed E-state index contributed by atoms with van der Waals surface area (Å²) >= 11 is 0. The van der Waals surface area contributed by atoms with Crippen molar-refractivity contribution in [2.45, 2.75) is 25.5 Å². The van der Waals surface area contributed by atoms with Gasteiger partial charge < -0.3 is 9.46 Å². The van der Waals surface area contributed by atoms with Crippen LogP contribution in [0.3, 0.4) is 0 Å². The van der Waals surface area contributed by atoms with Gasteiger partial charge in [0.2, 0.25) is 0 Å². The molecule has 0 aliphatic carbocycles. The zero-order valence-corrected chi connectivity index (χ0v) is 15.1. The molecule has 1 N–H and O–H groups in total. The van der Waals surface area contributed by atoms with Crippen molar-refractivity contribution in [3.63, 3.8) is 0 Å². The van der Waals surface area contributed by atoms with Crippen molar-refractivity contribution in [3.05, 3.63) is 65.5 Å². The van der Waals surface area contributed by atoms with Crippen LogP contribution in [0.15, 0.2) is 48.5 Å². The van der Waals surface area contributed by atoms with Gasteiger partial charge in [0.1, 0.15) is 11.0 Å². The van der Waals surface area contributed by atoms with E-state index in [0.29, 0.717) is 11.3 Å². The Morgan fingerprint density at radius 3 is 2.42 bits per heavy atom. The summed E-state index contributed by atoms with van der Waals surface area (Å²) in [5.41, 5.74) is 2.30. The number of halogens is 1. The van der Waals surface area contributed by atoms with Crippen molar-refractivity contribution in [1.82, 2.24) is 4.72 Å². The molecule has 1 atom stereocenters. The summed E-state index contributed by atoms with van der Waals surface area (Å²) in [6, 6.07) is 14.2. The first-order valence-corrected chi connectivity index (χ1v) is 8.75. The lowest BCUT2D eigenvalue weighted by Gasteiger charge is -2.21. The van der Waals surface area contributed by atoms with Crippen LogP contribution < -0.4 is 9.46 Å². The molecule has 0 heterocycles. The SMILES string of the molecule is COc1cc(C(=Cc2ccccc2)NS(=O)C(C)(C)C)ccc1F. The van der Waals surface area contributed by atoms with Gasteiger partial charge in [0, 0.05) is 5.56 Å². The van der Waals surface area contributed by atoms with Crippen LogP contribution in [0.4, 0.5) is 4.39 Å². The van der Waals surface area contributed by atoms with Gasteiger partial charge in [-0.3, -0.25) is 0 Å². The van der Waals surface area contributed by atoms with Crippen molar-refractivity contribution in [2.24, 2.45) is 0 Å². The second kappa shape index (κ2) is 7.62. The summed E-state index contributed by atoms with van der Waals surface area (Å²) < 4.78 is 33.9. The average Bonchev–Trinajstić information content (AvgIpc) is 2.54. The first-order chi connectivity index (χ1) is 11.3. The minimum atomic E-state index is -1.31. The smallest absolute Gasteiger partial charge is 0.165 e. The maximum Gasteiger partial charge on any atom is 0.165 e. The minimum Gasteiger partial charge on any atom is -0.494 e. The third-order valence-electron chi connectivity index (χ3n) is 3.33. The molecule has 0 radical (unpaired) electrons. The van der Waals surface area contributed by atoms with Crippen molar-refractivity contribution in [2.75, 3.05) is 7.11 Å². The molecule has 2 aromatic rings. The molecule has 24 heavy (non-hydrogen) atoms. The van der Waals surface area contributed by atoms with E-state index in [0.717, 1.165) is 5.56 Å². The fourth-order valence-electron chi connectivity index (χ4n) is 1.97. The maximum atomic E-state index is 13.7. The third kappa shape index (κ3) is 4.68. The van der Waals surface area contributed by atoms with Crippen LogP contribution in [0.1, 0.15) is 31.9 Å². The zero-order valence-electron chi connectivity index (χ0n) is 14.3. The fraction of sp³-hybridized carbons (Fsp3) is 0.263. The Bertz CT molecular complexity index is 752. The first-order valence-electron chi connectivity index (χ1n) is 7.60. The molecule has 2 aromatic carbocycles. The van der Waals surface area contributed by atoms with E-state index in [1.165, 1.54) is 13.2 Å². The molecule has 3 nitrogen and oxygen atoms in total. The Hall–Kier alpha value is -2.14. The van der Waals surface area contributed by atoms with Gasteiger partial charge >= 0.3 is 0 Å². The van der Waals surface area contributed by atoms with Gasteiger partial charge in [-0.1, -0.05) is 30.3 Å². The molecular weight excluding hydrogens is 325 g/mol. The van der Waals surface area contributed by atoms with Crippen LogP contribution in [0, 0.1) is 5.82 Å². The van der Waals surface area contributed by atoms with Gasteiger partial charge in [-0.2, -0.15) is 0 Å². The minimum absolute atomic E-state index is 0.148. The number of hydrogen-bond donors (Lipinski definition) is 1. The van der Waals surface area contributed by atoms with Crippen molar-refractivity contribution < 1.29 is 13.3 Å². The predicted molar refractivity (Wildman–Crippen MR) is 98.3 cm³/mol. The average molecular weight is 347 g/mol. The van der Waals surface area contributed by atoms with Crippen LogP contribution in [-0.2, 0) is 11.0 Å². The highest BCUT2D eigenvalue weighted by Crippen LogP contribution is 2.25. The second-order valence-electron chi connectivity index (χ2n) is 6.30. The molecular formula is C19H22FNO2S. The molecule has 1 unspecified atom stereocenters. The molecule has 0 aromatic heterocycles. The van der Waals surface area contributed by atoms with Gasteiger partial charge in [-0.25, -0.2) is 8.60 Å². The van der Waals surface area contributed by atoms with Crippen LogP contribution in [-0.4, -0.2) is 16.1 Å². The van der Waals surface area contributed by atoms with Gasteiger partial charge in [0.25, 0.3) is 0 Å². The molecule has 0 saturated carbocycles. The molecule has 0 bridgehead atoms. The highest BCUT2D eigenvalue weighted by atomic mass is 32.2. The molecule has 128 valence electrons. The quantitative estimate of drug-likeness (QED) is 0.815. The summed E-state index contributed by atoms with van der Waals surface area (Å²) in [6.45, 7) is 5.67. The van der Waals surface area contributed by atoms with Crippen molar-refractivity contribution >= 4 is 22.8 Å². The Morgan fingerprint density at radius 2 is 1.83 bits per heavy atom. The highest BCUT2D eigenvalue weighted by Gasteiger charge is 2.21. The van der Waals surface area contributed by atoms with Gasteiger partial charge in [-0.15, -0.1) is 0 Å². The number of methoxy groups -OCH3 is 1. The summed E-state index contributed by atoms with van der Waals surface area (Å²) in [5, 5.41) is 0. The predicted octanol–water partition coefficient (Wildman–Crippen LogP) is 4.38. The van der Waals surface area contributed by atoms with E-state index in [1.54, 1.807) is 12.1 Å². The number of nitrogens with one attached hydrogen (secondary N) is 1. The monoisotopic (exact) mass is 347 g/mol. The lowest BCUT2D eigenvalue weighted by Crippen LogP contribution is -2.32. The highest BCUT2D eigenvalue weighted by molar-refractivity contribution is 7.84. The van der Waals surface area contributed by atoms with Crippen LogP contribution >= 0.6 is 0 Å². The lowest BCUT2D eigenvalue weighted by molar-refractivity contribution is 0.386. The van der Waals surface area contributed by atoms with E-state index < -0.39 is 21.5 Å². The van der Waals surface area contributed by atoms with E-state index in [-0.39, 0.29) is 5.75 Å². The number of ether oxygens (including phenoxy) is 1. The van der Waals surface area contributed by atoms with Gasteiger partial charge in [0.05, 0.1) is 17.6 Å². The van der Waals surface area contributed by atoms with Crippen LogP contribution in [0.5, 0.6) is 5.75 Å². The van der Waals surface area contributed by atoms with Crippen LogP contribution in [0.25, 0.3) is 11.8 Å². The summed E-state index contributed by atoms with van der Waals surface area (Å²) in [7, 11) is 0.112. The second-order valence-corrected chi connectivity index (χ2v) is 8.27. The maximum absolute atomic E-state index is 13.7.